The number of rotatable bonds is 13. The van der Waals surface area contributed by atoms with E-state index in [1.807, 2.05) is 0 Å². The van der Waals surface area contributed by atoms with Crippen LogP contribution < -0.4 is 20.7 Å². The highest BCUT2D eigenvalue weighted by atomic mass is 35.5. The van der Waals surface area contributed by atoms with Gasteiger partial charge in [-0.15, -0.1) is 0 Å². The maximum atomic E-state index is 13.8. The molecule has 0 fully saturated rings. The molecule has 0 radical (unpaired) electrons. The van der Waals surface area contributed by atoms with Crippen LogP contribution in [0.25, 0.3) is 0 Å². The summed E-state index contributed by atoms with van der Waals surface area (Å²) in [5.74, 6) is -2.40. The Morgan fingerprint density at radius 2 is 1.50 bits per heavy atom. The number of amides is 3. The molecule has 0 aliphatic heterocycles. The van der Waals surface area contributed by atoms with E-state index in [4.69, 9.17) is 21.1 Å². The summed E-state index contributed by atoms with van der Waals surface area (Å²) in [5.41, 5.74) is 1.21. The number of halogens is 4. The molecule has 3 aromatic rings. The van der Waals surface area contributed by atoms with Crippen LogP contribution in [-0.4, -0.2) is 56.3 Å². The highest BCUT2D eigenvalue weighted by Gasteiger charge is 2.47. The summed E-state index contributed by atoms with van der Waals surface area (Å²) in [6.45, 7) is 3.04. The van der Waals surface area contributed by atoms with Gasteiger partial charge in [0, 0.05) is 24.1 Å². The summed E-state index contributed by atoms with van der Waals surface area (Å²) < 4.78 is 51.3. The third-order valence-electron chi connectivity index (χ3n) is 6.91. The fraction of sp³-hybridized carbons (Fsp3) is 0.344. The number of methoxy groups -OCH3 is 2. The van der Waals surface area contributed by atoms with Crippen LogP contribution in [0.5, 0.6) is 5.75 Å². The molecule has 0 aromatic heterocycles. The van der Waals surface area contributed by atoms with Gasteiger partial charge in [0.2, 0.25) is 11.8 Å². The van der Waals surface area contributed by atoms with Crippen LogP contribution in [0.2, 0.25) is 5.02 Å². The molecule has 236 valence electrons. The highest BCUT2D eigenvalue weighted by molar-refractivity contribution is 6.30. The Kier molecular flexibility index (Phi) is 12.2. The molecule has 0 aliphatic rings. The van der Waals surface area contributed by atoms with Crippen molar-refractivity contribution in [2.45, 2.75) is 50.7 Å². The van der Waals surface area contributed by atoms with E-state index in [-0.39, 0.29) is 12.0 Å². The molecule has 3 amide bonds. The Balaban J connectivity index is 1.97. The third kappa shape index (κ3) is 9.45. The van der Waals surface area contributed by atoms with Crippen molar-refractivity contribution >= 4 is 29.3 Å². The molecule has 0 heterocycles. The van der Waals surface area contributed by atoms with Gasteiger partial charge in [0.1, 0.15) is 17.8 Å². The Morgan fingerprint density at radius 3 is 2.05 bits per heavy atom. The lowest BCUT2D eigenvalue weighted by Crippen LogP contribution is -2.57. The molecule has 3 aromatic carbocycles. The first-order chi connectivity index (χ1) is 20.8. The van der Waals surface area contributed by atoms with Crippen molar-refractivity contribution in [3.63, 3.8) is 0 Å². The van der Waals surface area contributed by atoms with Gasteiger partial charge in [-0.3, -0.25) is 14.4 Å². The molecule has 4 atom stereocenters. The molecule has 44 heavy (non-hydrogen) atoms. The molecule has 1 unspecified atom stereocenters. The number of hydrogen-bond acceptors (Lipinski definition) is 5. The lowest BCUT2D eigenvalue weighted by molar-refractivity contribution is -0.224. The van der Waals surface area contributed by atoms with Crippen molar-refractivity contribution in [3.8, 4) is 5.75 Å². The van der Waals surface area contributed by atoms with Crippen molar-refractivity contribution in [1.29, 1.82) is 0 Å². The summed E-state index contributed by atoms with van der Waals surface area (Å²) >= 11 is 6.14. The molecule has 0 saturated carbocycles. The Hall–Kier alpha value is -4.09. The third-order valence-corrected chi connectivity index (χ3v) is 7.15. The van der Waals surface area contributed by atoms with Gasteiger partial charge in [0.25, 0.3) is 5.91 Å². The number of ether oxygens (including phenoxy) is 2. The first kappa shape index (κ1) is 34.4. The molecule has 0 saturated heterocycles. The Labute approximate surface area is 259 Å². The standard InChI is InChI=1S/C32H35ClF3N3O5/c1-19(2)26(28(44-4)32(34,35)36)38-31(42)27(21-13-15-24(43-3)16-14-21)39-30(41)25(18-20-9-8-12-23(33)17-20)37-29(40)22-10-6-5-7-11-22/h5-17,19,25-28H,18H2,1-4H3,(H,37,40)(H,38,42)(H,39,41)/t25-,26-,27-,28?/m0/s1. The molecule has 0 spiro atoms. The van der Waals surface area contributed by atoms with Crippen molar-refractivity contribution in [2.75, 3.05) is 14.2 Å². The quantitative estimate of drug-likeness (QED) is 0.238. The molecule has 8 nitrogen and oxygen atoms in total. The summed E-state index contributed by atoms with van der Waals surface area (Å²) in [5, 5.41) is 8.20. The maximum Gasteiger partial charge on any atom is 0.416 e. The molecular formula is C32H35ClF3N3O5. The van der Waals surface area contributed by atoms with E-state index in [0.717, 1.165) is 7.11 Å². The summed E-state index contributed by atoms with van der Waals surface area (Å²) in [7, 11) is 2.37. The van der Waals surface area contributed by atoms with Crippen molar-refractivity contribution in [2.24, 2.45) is 5.92 Å². The number of carbonyl (C=O) groups is 3. The SMILES string of the molecule is COc1ccc([C@H](NC(=O)[C@H](Cc2cccc(Cl)c2)NC(=O)c2ccccc2)C(=O)N[C@@H](C(C)C)C(OC)C(F)(F)F)cc1. The second-order valence-corrected chi connectivity index (χ2v) is 10.9. The summed E-state index contributed by atoms with van der Waals surface area (Å²) in [6.07, 6.45) is -7.05. The molecule has 0 aliphatic carbocycles. The highest BCUT2D eigenvalue weighted by Crippen LogP contribution is 2.29. The van der Waals surface area contributed by atoms with Gasteiger partial charge in [-0.05, 0) is 53.4 Å². The summed E-state index contributed by atoms with van der Waals surface area (Å²) in [4.78, 5) is 40.6. The second-order valence-electron chi connectivity index (χ2n) is 10.4. The van der Waals surface area contributed by atoms with Crippen molar-refractivity contribution in [3.05, 3.63) is 101 Å². The first-order valence-electron chi connectivity index (χ1n) is 13.8. The minimum Gasteiger partial charge on any atom is -0.497 e. The van der Waals surface area contributed by atoms with E-state index in [1.54, 1.807) is 66.7 Å². The predicted molar refractivity (Wildman–Crippen MR) is 160 cm³/mol. The largest absolute Gasteiger partial charge is 0.497 e. The average Bonchev–Trinajstić information content (AvgIpc) is 2.99. The number of nitrogens with one attached hydrogen (secondary N) is 3. The molecule has 3 rings (SSSR count). The van der Waals surface area contributed by atoms with Gasteiger partial charge >= 0.3 is 6.18 Å². The fourth-order valence-corrected chi connectivity index (χ4v) is 4.82. The fourth-order valence-electron chi connectivity index (χ4n) is 4.60. The zero-order chi connectivity index (χ0) is 32.4. The van der Waals surface area contributed by atoms with Crippen LogP contribution in [0.15, 0.2) is 78.9 Å². The number of alkyl halides is 3. The predicted octanol–water partition coefficient (Wildman–Crippen LogP) is 5.27. The van der Waals surface area contributed by atoms with Crippen LogP contribution in [0.1, 0.15) is 41.4 Å². The number of carbonyl (C=O) groups excluding carboxylic acids is 3. The van der Waals surface area contributed by atoms with Crippen molar-refractivity contribution in [1.82, 2.24) is 16.0 Å². The van der Waals surface area contributed by atoms with Gasteiger partial charge in [-0.1, -0.05) is 67.9 Å². The van der Waals surface area contributed by atoms with Crippen LogP contribution in [0.3, 0.4) is 0 Å². The zero-order valence-corrected chi connectivity index (χ0v) is 25.4. The van der Waals surface area contributed by atoms with Crippen LogP contribution in [0, 0.1) is 5.92 Å². The first-order valence-corrected chi connectivity index (χ1v) is 14.2. The van der Waals surface area contributed by atoms with Crippen LogP contribution >= 0.6 is 11.6 Å². The molecule has 3 N–H and O–H groups in total. The monoisotopic (exact) mass is 633 g/mol. The molecule has 12 heteroatoms. The van der Waals surface area contributed by atoms with Crippen molar-refractivity contribution < 1.29 is 37.0 Å². The average molecular weight is 634 g/mol. The normalized spacial score (nSPS) is 14.2. The molecular weight excluding hydrogens is 599 g/mol. The number of benzene rings is 3. The molecule has 0 bridgehead atoms. The van der Waals surface area contributed by atoms with Gasteiger partial charge in [-0.25, -0.2) is 0 Å². The van der Waals surface area contributed by atoms with Crippen LogP contribution in [-0.2, 0) is 20.7 Å². The zero-order valence-electron chi connectivity index (χ0n) is 24.7. The Bertz CT molecular complexity index is 1400. The lowest BCUT2D eigenvalue weighted by atomic mass is 9.96. The van der Waals surface area contributed by atoms with Gasteiger partial charge in [0.15, 0.2) is 6.10 Å². The van der Waals surface area contributed by atoms with Crippen LogP contribution in [0.4, 0.5) is 13.2 Å². The van der Waals surface area contributed by atoms with Gasteiger partial charge in [-0.2, -0.15) is 13.2 Å². The van der Waals surface area contributed by atoms with E-state index in [0.29, 0.717) is 21.9 Å². The van der Waals surface area contributed by atoms with E-state index in [1.165, 1.54) is 33.1 Å². The second kappa shape index (κ2) is 15.6. The summed E-state index contributed by atoms with van der Waals surface area (Å²) in [6, 6.07) is 17.0. The topological polar surface area (TPSA) is 106 Å². The number of hydrogen-bond donors (Lipinski definition) is 3. The minimum absolute atomic E-state index is 0.0103. The van der Waals surface area contributed by atoms with Gasteiger partial charge in [0.05, 0.1) is 13.2 Å². The smallest absolute Gasteiger partial charge is 0.416 e. The lowest BCUT2D eigenvalue weighted by Gasteiger charge is -2.33. The van der Waals surface area contributed by atoms with E-state index in [9.17, 15) is 27.6 Å². The minimum atomic E-state index is -4.76. The van der Waals surface area contributed by atoms with Gasteiger partial charge < -0.3 is 25.4 Å². The van der Waals surface area contributed by atoms with E-state index in [2.05, 4.69) is 16.0 Å². The maximum absolute atomic E-state index is 13.8. The van der Waals surface area contributed by atoms with E-state index >= 15 is 0 Å². The Morgan fingerprint density at radius 1 is 0.841 bits per heavy atom. The van der Waals surface area contributed by atoms with E-state index < -0.39 is 54.0 Å².